The lowest BCUT2D eigenvalue weighted by molar-refractivity contribution is 0.0834. The number of aliphatic hydroxyl groups excluding tert-OH is 2. The third-order valence-electron chi connectivity index (χ3n) is 2.62. The summed E-state index contributed by atoms with van der Waals surface area (Å²) >= 11 is 0. The fourth-order valence-electron chi connectivity index (χ4n) is 1.46. The molecule has 0 fully saturated rings. The first kappa shape index (κ1) is 14.5. The molecule has 3 N–H and O–H groups in total. The predicted octanol–water partition coefficient (Wildman–Crippen LogP) is 0.226. The van der Waals surface area contributed by atoms with E-state index in [2.05, 4.69) is 5.32 Å². The Morgan fingerprint density at radius 2 is 1.94 bits per heavy atom. The summed E-state index contributed by atoms with van der Waals surface area (Å²) in [5.74, 6) is -0.176. The van der Waals surface area contributed by atoms with E-state index in [4.69, 9.17) is 10.2 Å². The summed E-state index contributed by atoms with van der Waals surface area (Å²) in [6.07, 6.45) is -0.431. The van der Waals surface area contributed by atoms with E-state index in [1.165, 1.54) is 0 Å². The molecular formula is C13H20N2O3. The van der Waals surface area contributed by atoms with Crippen molar-refractivity contribution in [2.45, 2.75) is 12.5 Å². The number of carbonyl (C=O) groups excluding carboxylic acids is 1. The van der Waals surface area contributed by atoms with E-state index in [0.29, 0.717) is 18.5 Å². The van der Waals surface area contributed by atoms with E-state index < -0.39 is 6.10 Å². The van der Waals surface area contributed by atoms with Gasteiger partial charge in [-0.05, 0) is 30.7 Å². The Morgan fingerprint density at radius 3 is 2.44 bits per heavy atom. The highest BCUT2D eigenvalue weighted by molar-refractivity contribution is 5.94. The van der Waals surface area contributed by atoms with E-state index in [-0.39, 0.29) is 12.5 Å². The molecule has 5 nitrogen and oxygen atoms in total. The van der Waals surface area contributed by atoms with Gasteiger partial charge in [0.15, 0.2) is 0 Å². The fraction of sp³-hybridized carbons (Fsp3) is 0.462. The Kier molecular flexibility index (Phi) is 5.61. The SMILES string of the molecule is CN(C)c1ccc(C(=O)NCCC(O)CO)cc1. The molecule has 0 aliphatic carbocycles. The first-order valence-corrected chi connectivity index (χ1v) is 5.89. The van der Waals surface area contributed by atoms with Gasteiger partial charge in [-0.2, -0.15) is 0 Å². The minimum Gasteiger partial charge on any atom is -0.394 e. The van der Waals surface area contributed by atoms with Crippen molar-refractivity contribution in [2.75, 3.05) is 32.1 Å². The number of anilines is 1. The van der Waals surface area contributed by atoms with Crippen LogP contribution in [0.1, 0.15) is 16.8 Å². The molecule has 1 rings (SSSR count). The van der Waals surface area contributed by atoms with Gasteiger partial charge in [0.05, 0.1) is 12.7 Å². The zero-order valence-corrected chi connectivity index (χ0v) is 10.8. The van der Waals surface area contributed by atoms with Crippen molar-refractivity contribution in [3.63, 3.8) is 0 Å². The Balaban J connectivity index is 2.46. The van der Waals surface area contributed by atoms with Gasteiger partial charge in [0.2, 0.25) is 0 Å². The number of benzene rings is 1. The molecule has 0 radical (unpaired) electrons. The van der Waals surface area contributed by atoms with E-state index in [0.717, 1.165) is 5.69 Å². The summed E-state index contributed by atoms with van der Waals surface area (Å²) in [5.41, 5.74) is 1.61. The summed E-state index contributed by atoms with van der Waals surface area (Å²) in [6, 6.07) is 7.26. The Morgan fingerprint density at radius 1 is 1.33 bits per heavy atom. The third-order valence-corrected chi connectivity index (χ3v) is 2.62. The Bertz CT molecular complexity index is 376. The van der Waals surface area contributed by atoms with Crippen LogP contribution >= 0.6 is 0 Å². The number of amides is 1. The average molecular weight is 252 g/mol. The second-order valence-corrected chi connectivity index (χ2v) is 4.32. The van der Waals surface area contributed by atoms with E-state index in [1.54, 1.807) is 12.1 Å². The molecule has 1 aromatic rings. The number of aliphatic hydroxyl groups is 2. The minimum absolute atomic E-state index is 0.176. The second-order valence-electron chi connectivity index (χ2n) is 4.32. The van der Waals surface area contributed by atoms with E-state index in [9.17, 15) is 4.79 Å². The Hall–Kier alpha value is -1.59. The number of hydrogen-bond donors (Lipinski definition) is 3. The van der Waals surface area contributed by atoms with Crippen molar-refractivity contribution in [1.82, 2.24) is 5.32 Å². The van der Waals surface area contributed by atoms with Crippen molar-refractivity contribution < 1.29 is 15.0 Å². The van der Waals surface area contributed by atoms with Gasteiger partial charge in [-0.25, -0.2) is 0 Å². The van der Waals surface area contributed by atoms with Crippen molar-refractivity contribution >= 4 is 11.6 Å². The van der Waals surface area contributed by atoms with Crippen LogP contribution in [0.25, 0.3) is 0 Å². The molecule has 0 saturated heterocycles. The van der Waals surface area contributed by atoms with Crippen molar-refractivity contribution in [3.8, 4) is 0 Å². The van der Waals surface area contributed by atoms with Crippen molar-refractivity contribution in [3.05, 3.63) is 29.8 Å². The number of rotatable bonds is 6. The highest BCUT2D eigenvalue weighted by Crippen LogP contribution is 2.11. The monoisotopic (exact) mass is 252 g/mol. The number of carbonyl (C=O) groups is 1. The molecule has 100 valence electrons. The van der Waals surface area contributed by atoms with Crippen LogP contribution in [0.2, 0.25) is 0 Å². The molecule has 0 saturated carbocycles. The molecule has 0 aliphatic rings. The lowest BCUT2D eigenvalue weighted by atomic mass is 10.2. The van der Waals surface area contributed by atoms with Crippen LogP contribution < -0.4 is 10.2 Å². The maximum Gasteiger partial charge on any atom is 0.251 e. The molecule has 0 spiro atoms. The Labute approximate surface area is 107 Å². The topological polar surface area (TPSA) is 72.8 Å². The van der Waals surface area contributed by atoms with Gasteiger partial charge in [0.25, 0.3) is 5.91 Å². The quantitative estimate of drug-likeness (QED) is 0.677. The summed E-state index contributed by atoms with van der Waals surface area (Å²) in [7, 11) is 3.87. The lowest BCUT2D eigenvalue weighted by Crippen LogP contribution is -2.28. The molecule has 5 heteroatoms. The molecule has 1 unspecified atom stereocenters. The molecule has 18 heavy (non-hydrogen) atoms. The minimum atomic E-state index is -0.776. The molecular weight excluding hydrogens is 232 g/mol. The second kappa shape index (κ2) is 6.98. The fourth-order valence-corrected chi connectivity index (χ4v) is 1.46. The van der Waals surface area contributed by atoms with Crippen LogP contribution in [0.15, 0.2) is 24.3 Å². The molecule has 0 bridgehead atoms. The lowest BCUT2D eigenvalue weighted by Gasteiger charge is -2.13. The molecule has 1 atom stereocenters. The van der Waals surface area contributed by atoms with Gasteiger partial charge in [-0.3, -0.25) is 4.79 Å². The van der Waals surface area contributed by atoms with Crippen LogP contribution in [0.4, 0.5) is 5.69 Å². The van der Waals surface area contributed by atoms with Gasteiger partial charge in [0.1, 0.15) is 0 Å². The summed E-state index contributed by atoms with van der Waals surface area (Å²) < 4.78 is 0. The van der Waals surface area contributed by atoms with Gasteiger partial charge in [0, 0.05) is 31.9 Å². The molecule has 0 aromatic heterocycles. The van der Waals surface area contributed by atoms with Crippen LogP contribution in [0, 0.1) is 0 Å². The average Bonchev–Trinajstić information content (AvgIpc) is 2.38. The molecule has 0 aliphatic heterocycles. The first-order chi connectivity index (χ1) is 8.54. The van der Waals surface area contributed by atoms with Gasteiger partial charge in [-0.15, -0.1) is 0 Å². The molecule has 1 aromatic carbocycles. The smallest absolute Gasteiger partial charge is 0.251 e. The number of nitrogens with one attached hydrogen (secondary N) is 1. The van der Waals surface area contributed by atoms with E-state index in [1.807, 2.05) is 31.1 Å². The van der Waals surface area contributed by atoms with Crippen molar-refractivity contribution in [2.24, 2.45) is 0 Å². The summed E-state index contributed by atoms with van der Waals surface area (Å²) in [6.45, 7) is 0.0589. The summed E-state index contributed by atoms with van der Waals surface area (Å²) in [4.78, 5) is 13.7. The van der Waals surface area contributed by atoms with E-state index >= 15 is 0 Å². The van der Waals surface area contributed by atoms with Crippen LogP contribution in [0.5, 0.6) is 0 Å². The number of hydrogen-bond acceptors (Lipinski definition) is 4. The van der Waals surface area contributed by atoms with Crippen molar-refractivity contribution in [1.29, 1.82) is 0 Å². The maximum atomic E-state index is 11.7. The third kappa shape index (κ3) is 4.35. The summed E-state index contributed by atoms with van der Waals surface area (Å²) in [5, 5.41) is 20.5. The molecule has 1 amide bonds. The standard InChI is InChI=1S/C13H20N2O3/c1-15(2)11-5-3-10(4-6-11)13(18)14-8-7-12(17)9-16/h3-6,12,16-17H,7-9H2,1-2H3,(H,14,18). The molecule has 0 heterocycles. The van der Waals surface area contributed by atoms with Gasteiger partial charge in [-0.1, -0.05) is 0 Å². The zero-order chi connectivity index (χ0) is 13.5. The largest absolute Gasteiger partial charge is 0.394 e. The van der Waals surface area contributed by atoms with Gasteiger partial charge >= 0.3 is 0 Å². The van der Waals surface area contributed by atoms with Crippen LogP contribution in [-0.4, -0.2) is 49.5 Å². The van der Waals surface area contributed by atoms with Crippen LogP contribution in [-0.2, 0) is 0 Å². The zero-order valence-electron chi connectivity index (χ0n) is 10.8. The first-order valence-electron chi connectivity index (χ1n) is 5.89. The maximum absolute atomic E-state index is 11.7. The van der Waals surface area contributed by atoms with Gasteiger partial charge < -0.3 is 20.4 Å². The highest BCUT2D eigenvalue weighted by atomic mass is 16.3. The number of nitrogens with zero attached hydrogens (tertiary/aromatic N) is 1. The van der Waals surface area contributed by atoms with Crippen LogP contribution in [0.3, 0.4) is 0 Å². The highest BCUT2D eigenvalue weighted by Gasteiger charge is 2.07. The normalized spacial score (nSPS) is 12.0. The predicted molar refractivity (Wildman–Crippen MR) is 70.8 cm³/mol.